The second-order valence-corrected chi connectivity index (χ2v) is 12.5. The molecule has 3 aliphatic rings. The lowest BCUT2D eigenvalue weighted by atomic mass is 9.91. The summed E-state index contributed by atoms with van der Waals surface area (Å²) in [5.41, 5.74) is -1.01. The minimum atomic E-state index is -4.47. The molecule has 3 N–H and O–H groups in total. The Hall–Kier alpha value is -3.29. The number of rotatable bonds is 5. The molecule has 1 aliphatic carbocycles. The Morgan fingerprint density at radius 2 is 1.92 bits per heavy atom. The Morgan fingerprint density at radius 1 is 1.21 bits per heavy atom. The molecule has 0 radical (unpaired) electrons. The van der Waals surface area contributed by atoms with Crippen molar-refractivity contribution in [1.29, 1.82) is 0 Å². The SMILES string of the molecule is [2H]C([2H])([2H])n1cc(-c2cc(S(=O)(=O)N3C[C@H](O)C[C@H]3C(=O)O)ccc2N2CCC3(CC2)CC3(F)F)c2cc[nH]c2c1=O. The average Bonchev–Trinajstić information content (AvgIpc) is 3.31. The third-order valence-electron chi connectivity index (χ3n) is 8.38. The number of carboxylic acids is 1. The number of pyridine rings is 1. The topological polar surface area (TPSA) is 136 Å². The van der Waals surface area contributed by atoms with Crippen LogP contribution in [0.3, 0.4) is 0 Å². The van der Waals surface area contributed by atoms with Gasteiger partial charge in [-0.25, -0.2) is 17.2 Å². The molecule has 0 bridgehead atoms. The van der Waals surface area contributed by atoms with Crippen LogP contribution in [0.2, 0.25) is 0 Å². The first-order chi connectivity index (χ1) is 19.6. The van der Waals surface area contributed by atoms with Crippen LogP contribution in [0.4, 0.5) is 14.5 Å². The number of nitrogens with one attached hydrogen (secondary N) is 1. The molecular weight excluding hydrogens is 534 g/mol. The Morgan fingerprint density at radius 3 is 2.56 bits per heavy atom. The molecular formula is C26H28F2N4O6S. The number of anilines is 1. The van der Waals surface area contributed by atoms with E-state index >= 15 is 0 Å². The van der Waals surface area contributed by atoms with Crippen LogP contribution in [0.25, 0.3) is 22.0 Å². The van der Waals surface area contributed by atoms with E-state index in [4.69, 9.17) is 4.11 Å². The number of fused-ring (bicyclic) bond motifs is 1. The lowest BCUT2D eigenvalue weighted by Gasteiger charge is -2.35. The van der Waals surface area contributed by atoms with E-state index in [1.54, 1.807) is 6.07 Å². The number of aliphatic hydroxyl groups excluding tert-OH is 1. The van der Waals surface area contributed by atoms with Crippen molar-refractivity contribution in [1.82, 2.24) is 13.9 Å². The van der Waals surface area contributed by atoms with Gasteiger partial charge in [-0.15, -0.1) is 0 Å². The van der Waals surface area contributed by atoms with Crippen LogP contribution in [0.15, 0.2) is 46.3 Å². The number of carboxylic acid groups (broad SMARTS) is 1. The van der Waals surface area contributed by atoms with E-state index in [0.29, 0.717) is 19.9 Å². The van der Waals surface area contributed by atoms with Gasteiger partial charge in [0.25, 0.3) is 11.5 Å². The van der Waals surface area contributed by atoms with Crippen LogP contribution in [-0.2, 0) is 21.8 Å². The fraction of sp³-hybridized carbons (Fsp3) is 0.462. The van der Waals surface area contributed by atoms with Crippen molar-refractivity contribution in [2.24, 2.45) is 12.4 Å². The lowest BCUT2D eigenvalue weighted by molar-refractivity contribution is -0.140. The minimum absolute atomic E-state index is 0.0216. The molecule has 3 fully saturated rings. The van der Waals surface area contributed by atoms with Gasteiger partial charge in [0.05, 0.1) is 11.0 Å². The largest absolute Gasteiger partial charge is 0.480 e. The number of aromatic nitrogens is 2. The number of benzene rings is 1. The maximum Gasteiger partial charge on any atom is 0.322 e. The number of aliphatic hydroxyl groups is 1. The molecule has 10 nitrogen and oxygen atoms in total. The number of H-pyrrole nitrogens is 1. The molecule has 1 spiro atoms. The van der Waals surface area contributed by atoms with Gasteiger partial charge in [-0.1, -0.05) is 0 Å². The number of alkyl halides is 2. The fourth-order valence-electron chi connectivity index (χ4n) is 6.04. The van der Waals surface area contributed by atoms with Crippen molar-refractivity contribution in [2.45, 2.75) is 48.6 Å². The van der Waals surface area contributed by atoms with Crippen LogP contribution >= 0.6 is 0 Å². The number of piperidine rings is 1. The van der Waals surface area contributed by atoms with E-state index in [0.717, 1.165) is 6.20 Å². The van der Waals surface area contributed by atoms with Gasteiger partial charge in [-0.3, -0.25) is 9.59 Å². The van der Waals surface area contributed by atoms with Crippen molar-refractivity contribution in [3.8, 4) is 11.1 Å². The molecule has 3 aromatic rings. The quantitative estimate of drug-likeness (QED) is 0.432. The smallest absolute Gasteiger partial charge is 0.322 e. The Balaban J connectivity index is 1.52. The normalized spacial score (nSPS) is 25.9. The van der Waals surface area contributed by atoms with E-state index in [9.17, 15) is 37.0 Å². The van der Waals surface area contributed by atoms with Crippen molar-refractivity contribution < 1.29 is 36.3 Å². The molecule has 2 atom stereocenters. The van der Waals surface area contributed by atoms with Crippen molar-refractivity contribution >= 4 is 32.6 Å². The highest BCUT2D eigenvalue weighted by Gasteiger charge is 2.70. The number of hydrogen-bond donors (Lipinski definition) is 3. The molecule has 1 saturated carbocycles. The molecule has 2 aliphatic heterocycles. The summed E-state index contributed by atoms with van der Waals surface area (Å²) < 4.78 is 80.6. The molecule has 0 amide bonds. The van der Waals surface area contributed by atoms with Crippen LogP contribution in [0.5, 0.6) is 0 Å². The number of aryl methyl sites for hydroxylation is 1. The molecule has 1 aromatic carbocycles. The zero-order valence-corrected chi connectivity index (χ0v) is 21.4. The summed E-state index contributed by atoms with van der Waals surface area (Å²) in [4.78, 5) is 29.1. The fourth-order valence-corrected chi connectivity index (χ4v) is 7.70. The summed E-state index contributed by atoms with van der Waals surface area (Å²) in [6.07, 6.45) is 1.34. The van der Waals surface area contributed by atoms with Crippen LogP contribution in [0.1, 0.15) is 29.8 Å². The molecule has 39 heavy (non-hydrogen) atoms. The third kappa shape index (κ3) is 3.97. The van der Waals surface area contributed by atoms with Crippen molar-refractivity contribution in [3.05, 3.63) is 47.0 Å². The van der Waals surface area contributed by atoms with E-state index in [1.807, 2.05) is 4.90 Å². The first-order valence-corrected chi connectivity index (χ1v) is 13.9. The molecule has 4 heterocycles. The van der Waals surface area contributed by atoms with Gasteiger partial charge in [0.15, 0.2) is 0 Å². The maximum absolute atomic E-state index is 14.1. The monoisotopic (exact) mass is 565 g/mol. The number of β-amino-alcohol motifs (C(OH)–C–C–N with tert-alkyl or cyclic N) is 1. The molecule has 2 saturated heterocycles. The van der Waals surface area contributed by atoms with Gasteiger partial charge in [0.1, 0.15) is 11.6 Å². The third-order valence-corrected chi connectivity index (χ3v) is 10.3. The standard InChI is InChI=1S/C26H28F2N4O6S/c1-30-13-19(17-4-7-29-22(17)23(30)34)18-11-16(39(37,38)32-12-15(33)10-21(32)24(35)36)2-3-20(18)31-8-5-25(6-9-31)14-26(25,27)28/h2-4,7,11,13,15,21,29,33H,5-6,8-10,12,14H2,1H3,(H,35,36)/t15-,21+/m1/s1/i1D3. The maximum atomic E-state index is 14.1. The van der Waals surface area contributed by atoms with Gasteiger partial charge < -0.3 is 24.7 Å². The van der Waals surface area contributed by atoms with E-state index in [1.165, 1.54) is 24.4 Å². The van der Waals surface area contributed by atoms with E-state index in [2.05, 4.69) is 4.98 Å². The van der Waals surface area contributed by atoms with Gasteiger partial charge in [0, 0.05) is 83.6 Å². The lowest BCUT2D eigenvalue weighted by Crippen LogP contribution is -2.40. The molecule has 13 heteroatoms. The first kappa shape index (κ1) is 22.5. The second-order valence-electron chi connectivity index (χ2n) is 10.6. The number of halogens is 2. The van der Waals surface area contributed by atoms with Gasteiger partial charge >= 0.3 is 5.97 Å². The van der Waals surface area contributed by atoms with Crippen molar-refractivity contribution in [3.63, 3.8) is 0 Å². The Bertz CT molecular complexity index is 1770. The second kappa shape index (κ2) is 8.60. The zero-order valence-electron chi connectivity index (χ0n) is 23.6. The van der Waals surface area contributed by atoms with E-state index in [-0.39, 0.29) is 60.3 Å². The molecule has 208 valence electrons. The van der Waals surface area contributed by atoms with Gasteiger partial charge in [-0.2, -0.15) is 4.31 Å². The van der Waals surface area contributed by atoms with Crippen LogP contribution in [-0.4, -0.2) is 76.2 Å². The average molecular weight is 566 g/mol. The number of nitrogens with zero attached hydrogens (tertiary/aromatic N) is 3. The molecule has 6 rings (SSSR count). The van der Waals surface area contributed by atoms with Gasteiger partial charge in [0.2, 0.25) is 10.0 Å². The summed E-state index contributed by atoms with van der Waals surface area (Å²) >= 11 is 0. The minimum Gasteiger partial charge on any atom is -0.480 e. The predicted molar refractivity (Wildman–Crippen MR) is 138 cm³/mol. The number of carbonyl (C=O) groups is 1. The summed E-state index contributed by atoms with van der Waals surface area (Å²) in [6.45, 7) is -2.82. The van der Waals surface area contributed by atoms with Crippen LogP contribution in [0, 0.1) is 5.41 Å². The highest BCUT2D eigenvalue weighted by molar-refractivity contribution is 7.89. The van der Waals surface area contributed by atoms with E-state index < -0.39 is 58.6 Å². The number of aliphatic carboxylic acids is 1. The van der Waals surface area contributed by atoms with Crippen molar-refractivity contribution in [2.75, 3.05) is 24.5 Å². The summed E-state index contributed by atoms with van der Waals surface area (Å²) in [7, 11) is -4.47. The number of aromatic amines is 1. The summed E-state index contributed by atoms with van der Waals surface area (Å²) in [6, 6.07) is 4.10. The Labute approximate surface area is 226 Å². The summed E-state index contributed by atoms with van der Waals surface area (Å²) in [5.74, 6) is -4.14. The Kier molecular flexibility index (Phi) is 4.97. The molecule has 0 unspecified atom stereocenters. The summed E-state index contributed by atoms with van der Waals surface area (Å²) in [5, 5.41) is 20.0. The first-order valence-electron chi connectivity index (χ1n) is 14.0. The van der Waals surface area contributed by atoms with Crippen LogP contribution < -0.4 is 10.5 Å². The van der Waals surface area contributed by atoms with Gasteiger partial charge in [-0.05, 0) is 37.1 Å². The number of hydrogen-bond acceptors (Lipinski definition) is 6. The molecule has 2 aromatic heterocycles. The highest BCUT2D eigenvalue weighted by Crippen LogP contribution is 2.66. The predicted octanol–water partition coefficient (Wildman–Crippen LogP) is 2.37. The highest BCUT2D eigenvalue weighted by atomic mass is 32.2. The zero-order chi connectivity index (χ0) is 30.4. The number of sulfonamides is 1.